The molecular formula is C30H28F6N4O3. The van der Waals surface area contributed by atoms with Crippen molar-refractivity contribution in [3.8, 4) is 0 Å². The Morgan fingerprint density at radius 1 is 0.628 bits per heavy atom. The molecule has 0 saturated carbocycles. The lowest BCUT2D eigenvalue weighted by Gasteiger charge is -2.08. The Morgan fingerprint density at radius 3 is 1.47 bits per heavy atom. The van der Waals surface area contributed by atoms with E-state index in [2.05, 4.69) is 5.32 Å². The lowest BCUT2D eigenvalue weighted by Crippen LogP contribution is -2.26. The first kappa shape index (κ1) is 34.2. The third-order valence-corrected chi connectivity index (χ3v) is 5.62. The number of carbonyl (C=O) groups excluding carboxylic acids is 1. The second-order valence-electron chi connectivity index (χ2n) is 8.81. The van der Waals surface area contributed by atoms with E-state index in [9.17, 15) is 35.9 Å². The van der Waals surface area contributed by atoms with Crippen molar-refractivity contribution in [1.82, 2.24) is 5.32 Å². The molecule has 0 aromatic heterocycles. The number of benzene rings is 4. The Bertz CT molecular complexity index is 1530. The van der Waals surface area contributed by atoms with Gasteiger partial charge in [-0.2, -0.15) is 0 Å². The maximum atomic E-state index is 13.1. The van der Waals surface area contributed by atoms with Crippen molar-refractivity contribution in [2.24, 2.45) is 5.73 Å². The first-order chi connectivity index (χ1) is 20.3. The number of amides is 1. The summed E-state index contributed by atoms with van der Waals surface area (Å²) in [5.41, 5.74) is 16.8. The van der Waals surface area contributed by atoms with Crippen LogP contribution in [0.15, 0.2) is 72.8 Å². The highest BCUT2D eigenvalue weighted by atomic mass is 19.2. The van der Waals surface area contributed by atoms with Crippen molar-refractivity contribution in [2.45, 2.75) is 12.8 Å². The Labute approximate surface area is 242 Å². The fourth-order valence-corrected chi connectivity index (χ4v) is 3.39. The van der Waals surface area contributed by atoms with Gasteiger partial charge in [0.05, 0.1) is 11.1 Å². The van der Waals surface area contributed by atoms with Gasteiger partial charge < -0.3 is 27.6 Å². The number of nitrogens with one attached hydrogen (secondary N) is 1. The van der Waals surface area contributed by atoms with Gasteiger partial charge in [0.2, 0.25) is 0 Å². The molecule has 0 unspecified atom stereocenters. The number of carbonyl (C=O) groups is 2. The number of rotatable bonds is 7. The molecule has 1 amide bonds. The van der Waals surface area contributed by atoms with Crippen molar-refractivity contribution >= 4 is 23.3 Å². The number of halogens is 6. The highest BCUT2D eigenvalue weighted by molar-refractivity contribution is 5.99. The number of aromatic carboxylic acids is 1. The van der Waals surface area contributed by atoms with E-state index in [0.29, 0.717) is 25.1 Å². The molecule has 43 heavy (non-hydrogen) atoms. The standard InChI is InChI=1S/C15H13F3N2O.C8H10FN.C7H5F2NO2/c16-10-3-1-9(2-4-10)5-6-20-15(21)11-7-12(17)13(18)8-14(11)19;9-8-3-1-7(2-4-8)5-6-10;8-4-1-3(7(11)12)6(10)2-5(4)9/h1-4,7-8H,5-6,19H2,(H,20,21);1-4H,5-6,10H2;1-2H,10H2,(H,11,12). The van der Waals surface area contributed by atoms with Crippen LogP contribution in [0.4, 0.5) is 37.7 Å². The SMILES string of the molecule is NCCc1ccc(F)cc1.Nc1cc(F)c(F)cc1C(=O)NCCc1ccc(F)cc1.Nc1cc(F)c(F)cc1C(=O)O. The van der Waals surface area contributed by atoms with Crippen LogP contribution in [0, 0.1) is 34.9 Å². The van der Waals surface area contributed by atoms with Gasteiger partial charge in [-0.15, -0.1) is 0 Å². The summed E-state index contributed by atoms with van der Waals surface area (Å²) in [6.07, 6.45) is 1.30. The number of carboxylic acid groups (broad SMARTS) is 1. The van der Waals surface area contributed by atoms with Gasteiger partial charge in [-0.25, -0.2) is 31.1 Å². The number of hydrogen-bond acceptors (Lipinski definition) is 5. The fourth-order valence-electron chi connectivity index (χ4n) is 3.39. The minimum atomic E-state index is -1.38. The molecule has 4 aromatic rings. The first-order valence-electron chi connectivity index (χ1n) is 12.5. The first-order valence-corrected chi connectivity index (χ1v) is 12.5. The fraction of sp³-hybridized carbons (Fsp3) is 0.133. The number of anilines is 2. The lowest BCUT2D eigenvalue weighted by atomic mass is 10.1. The number of hydrogen-bond donors (Lipinski definition) is 5. The molecule has 7 nitrogen and oxygen atoms in total. The molecule has 8 N–H and O–H groups in total. The summed E-state index contributed by atoms with van der Waals surface area (Å²) < 4.78 is 75.8. The van der Waals surface area contributed by atoms with Gasteiger partial charge in [0.25, 0.3) is 5.91 Å². The zero-order valence-corrected chi connectivity index (χ0v) is 22.5. The summed E-state index contributed by atoms with van der Waals surface area (Å²) in [5, 5.41) is 11.0. The van der Waals surface area contributed by atoms with E-state index in [4.69, 9.17) is 22.3 Å². The normalized spacial score (nSPS) is 10.1. The van der Waals surface area contributed by atoms with Crippen molar-refractivity contribution in [2.75, 3.05) is 24.6 Å². The molecule has 0 aliphatic carbocycles. The molecule has 13 heteroatoms. The molecule has 0 bridgehead atoms. The van der Waals surface area contributed by atoms with Crippen LogP contribution < -0.4 is 22.5 Å². The summed E-state index contributed by atoms with van der Waals surface area (Å²) in [6.45, 7) is 0.883. The Morgan fingerprint density at radius 2 is 1.02 bits per heavy atom. The third kappa shape index (κ3) is 11.0. The molecule has 0 spiro atoms. The van der Waals surface area contributed by atoms with Crippen LogP contribution >= 0.6 is 0 Å². The van der Waals surface area contributed by atoms with E-state index in [1.807, 2.05) is 0 Å². The Balaban J connectivity index is 0.000000248. The van der Waals surface area contributed by atoms with Crippen molar-refractivity contribution in [3.05, 3.63) is 130 Å². The summed E-state index contributed by atoms with van der Waals surface area (Å²) in [5.74, 6) is -7.11. The molecule has 0 heterocycles. The number of nitrogen functional groups attached to an aromatic ring is 2. The van der Waals surface area contributed by atoms with Gasteiger partial charge in [-0.3, -0.25) is 4.79 Å². The molecule has 0 aliphatic heterocycles. The highest BCUT2D eigenvalue weighted by Gasteiger charge is 2.14. The zero-order valence-electron chi connectivity index (χ0n) is 22.5. The van der Waals surface area contributed by atoms with Crippen LogP contribution in [0.1, 0.15) is 31.8 Å². The van der Waals surface area contributed by atoms with E-state index in [1.165, 1.54) is 24.3 Å². The van der Waals surface area contributed by atoms with E-state index in [0.717, 1.165) is 29.7 Å². The number of nitrogens with two attached hydrogens (primary N) is 3. The maximum absolute atomic E-state index is 13.1. The van der Waals surface area contributed by atoms with E-state index >= 15 is 0 Å². The summed E-state index contributed by atoms with van der Waals surface area (Å²) in [4.78, 5) is 22.1. The third-order valence-electron chi connectivity index (χ3n) is 5.62. The van der Waals surface area contributed by atoms with Gasteiger partial charge >= 0.3 is 5.97 Å². The van der Waals surface area contributed by atoms with Crippen molar-refractivity contribution < 1.29 is 41.0 Å². The van der Waals surface area contributed by atoms with Gasteiger partial charge in [0.1, 0.15) is 11.6 Å². The van der Waals surface area contributed by atoms with Crippen molar-refractivity contribution in [3.63, 3.8) is 0 Å². The molecule has 0 atom stereocenters. The zero-order chi connectivity index (χ0) is 32.1. The van der Waals surface area contributed by atoms with Gasteiger partial charge in [0, 0.05) is 30.1 Å². The van der Waals surface area contributed by atoms with Gasteiger partial charge in [-0.1, -0.05) is 24.3 Å². The van der Waals surface area contributed by atoms with Crippen LogP contribution in [0.5, 0.6) is 0 Å². The Hall–Kier alpha value is -5.04. The maximum Gasteiger partial charge on any atom is 0.337 e. The molecule has 228 valence electrons. The summed E-state index contributed by atoms with van der Waals surface area (Å²) in [6, 6.07) is 15.0. The molecule has 0 radical (unpaired) electrons. The second kappa shape index (κ2) is 16.4. The number of carboxylic acids is 1. The molecule has 0 aliphatic rings. The average Bonchev–Trinajstić information content (AvgIpc) is 2.95. The topological polar surface area (TPSA) is 144 Å². The van der Waals surface area contributed by atoms with E-state index < -0.39 is 40.7 Å². The van der Waals surface area contributed by atoms with Crippen LogP contribution in [0.25, 0.3) is 0 Å². The molecule has 4 rings (SSSR count). The van der Waals surface area contributed by atoms with E-state index in [1.54, 1.807) is 24.3 Å². The predicted molar refractivity (Wildman–Crippen MR) is 150 cm³/mol. The molecular weight excluding hydrogens is 578 g/mol. The monoisotopic (exact) mass is 606 g/mol. The van der Waals surface area contributed by atoms with Crippen LogP contribution in [0.2, 0.25) is 0 Å². The molecule has 0 fully saturated rings. The quantitative estimate of drug-likeness (QED) is 0.144. The minimum absolute atomic E-state index is 0.118. The van der Waals surface area contributed by atoms with Crippen LogP contribution in [-0.2, 0) is 12.8 Å². The molecule has 0 saturated heterocycles. The average molecular weight is 607 g/mol. The van der Waals surface area contributed by atoms with Crippen LogP contribution in [0.3, 0.4) is 0 Å². The summed E-state index contributed by atoms with van der Waals surface area (Å²) >= 11 is 0. The highest BCUT2D eigenvalue weighted by Crippen LogP contribution is 2.17. The smallest absolute Gasteiger partial charge is 0.337 e. The largest absolute Gasteiger partial charge is 0.478 e. The lowest BCUT2D eigenvalue weighted by molar-refractivity contribution is 0.0697. The predicted octanol–water partition coefficient (Wildman–Crippen LogP) is 5.23. The van der Waals surface area contributed by atoms with E-state index in [-0.39, 0.29) is 35.1 Å². The van der Waals surface area contributed by atoms with Gasteiger partial charge in [-0.05, 0) is 66.9 Å². The van der Waals surface area contributed by atoms with Gasteiger partial charge in [0.15, 0.2) is 23.3 Å². The molecule has 4 aromatic carbocycles. The van der Waals surface area contributed by atoms with Crippen molar-refractivity contribution in [1.29, 1.82) is 0 Å². The van der Waals surface area contributed by atoms with Crippen LogP contribution in [-0.4, -0.2) is 30.1 Å². The Kier molecular flexibility index (Phi) is 13.0. The minimum Gasteiger partial charge on any atom is -0.478 e. The summed E-state index contributed by atoms with van der Waals surface area (Å²) in [7, 11) is 0. The second-order valence-corrected chi connectivity index (χ2v) is 8.81.